The van der Waals surface area contributed by atoms with Gasteiger partial charge >= 0.3 is 0 Å². The summed E-state index contributed by atoms with van der Waals surface area (Å²) in [6, 6.07) is 11.0. The van der Waals surface area contributed by atoms with Gasteiger partial charge in [0.25, 0.3) is 0 Å². The van der Waals surface area contributed by atoms with Crippen LogP contribution in [-0.2, 0) is 4.74 Å². The predicted octanol–water partition coefficient (Wildman–Crippen LogP) is 3.84. The fourth-order valence-corrected chi connectivity index (χ4v) is 3.16. The second-order valence-corrected chi connectivity index (χ2v) is 5.79. The van der Waals surface area contributed by atoms with Gasteiger partial charge in [-0.3, -0.25) is 4.98 Å². The average Bonchev–Trinajstić information content (AvgIpc) is 3.04. The molecule has 1 saturated heterocycles. The van der Waals surface area contributed by atoms with Crippen LogP contribution in [0.5, 0.6) is 0 Å². The van der Waals surface area contributed by atoms with Crippen LogP contribution in [0.1, 0.15) is 44.2 Å². The average molecular weight is 284 g/mol. The molecule has 3 heteroatoms. The van der Waals surface area contributed by atoms with Gasteiger partial charge in [-0.05, 0) is 49.9 Å². The van der Waals surface area contributed by atoms with Crippen LogP contribution in [0.25, 0.3) is 10.9 Å². The lowest BCUT2D eigenvalue weighted by molar-refractivity contribution is 0.0947. The maximum absolute atomic E-state index is 5.84. The van der Waals surface area contributed by atoms with Gasteiger partial charge in [0, 0.05) is 24.2 Å². The molecule has 0 amide bonds. The van der Waals surface area contributed by atoms with Crippen molar-refractivity contribution in [1.29, 1.82) is 0 Å². The molecule has 0 aliphatic carbocycles. The fraction of sp³-hybridized carbons (Fsp3) is 0.500. The van der Waals surface area contributed by atoms with Crippen LogP contribution in [0, 0.1) is 0 Å². The van der Waals surface area contributed by atoms with E-state index < -0.39 is 0 Å². The van der Waals surface area contributed by atoms with Gasteiger partial charge in [-0.2, -0.15) is 0 Å². The third-order valence-electron chi connectivity index (χ3n) is 4.22. The van der Waals surface area contributed by atoms with Crippen LogP contribution in [0.3, 0.4) is 0 Å². The molecule has 0 radical (unpaired) electrons. The summed E-state index contributed by atoms with van der Waals surface area (Å²) in [6.07, 6.45) is 6.83. The molecule has 1 N–H and O–H groups in total. The summed E-state index contributed by atoms with van der Waals surface area (Å²) >= 11 is 0. The minimum Gasteiger partial charge on any atom is -0.378 e. The lowest BCUT2D eigenvalue weighted by atomic mass is 9.95. The van der Waals surface area contributed by atoms with Crippen molar-refractivity contribution in [3.8, 4) is 0 Å². The fourth-order valence-electron chi connectivity index (χ4n) is 3.16. The van der Waals surface area contributed by atoms with Crippen LogP contribution in [0.4, 0.5) is 0 Å². The third-order valence-corrected chi connectivity index (χ3v) is 4.22. The van der Waals surface area contributed by atoms with Gasteiger partial charge in [0.2, 0.25) is 0 Å². The minimum atomic E-state index is 0.348. The van der Waals surface area contributed by atoms with Crippen molar-refractivity contribution in [3.63, 3.8) is 0 Å². The van der Waals surface area contributed by atoms with Crippen molar-refractivity contribution in [2.24, 2.45) is 0 Å². The second kappa shape index (κ2) is 7.01. The van der Waals surface area contributed by atoms with Crippen molar-refractivity contribution in [1.82, 2.24) is 10.3 Å². The van der Waals surface area contributed by atoms with Crippen molar-refractivity contribution in [3.05, 3.63) is 42.1 Å². The van der Waals surface area contributed by atoms with Crippen LogP contribution < -0.4 is 5.32 Å². The number of rotatable bonds is 6. The van der Waals surface area contributed by atoms with Gasteiger partial charge in [-0.1, -0.05) is 25.1 Å². The molecule has 0 bridgehead atoms. The summed E-state index contributed by atoms with van der Waals surface area (Å²) in [4.78, 5) is 4.48. The highest BCUT2D eigenvalue weighted by Crippen LogP contribution is 2.29. The molecular weight excluding hydrogens is 260 g/mol. The molecule has 2 unspecified atom stereocenters. The molecule has 3 rings (SSSR count). The Morgan fingerprint density at radius 2 is 2.29 bits per heavy atom. The maximum Gasteiger partial charge on any atom is 0.0705 e. The normalized spacial score (nSPS) is 20.0. The Bertz CT molecular complexity index is 573. The molecule has 2 aromatic rings. The van der Waals surface area contributed by atoms with E-state index in [4.69, 9.17) is 4.74 Å². The molecule has 112 valence electrons. The second-order valence-electron chi connectivity index (χ2n) is 5.79. The van der Waals surface area contributed by atoms with E-state index in [1.807, 2.05) is 12.3 Å². The van der Waals surface area contributed by atoms with E-state index >= 15 is 0 Å². The first kappa shape index (κ1) is 14.5. The zero-order valence-electron chi connectivity index (χ0n) is 12.7. The van der Waals surface area contributed by atoms with E-state index in [0.29, 0.717) is 12.1 Å². The maximum atomic E-state index is 5.84. The lowest BCUT2D eigenvalue weighted by Crippen LogP contribution is -2.26. The third kappa shape index (κ3) is 3.42. The van der Waals surface area contributed by atoms with Gasteiger partial charge < -0.3 is 10.1 Å². The van der Waals surface area contributed by atoms with Crippen molar-refractivity contribution in [2.75, 3.05) is 13.2 Å². The summed E-state index contributed by atoms with van der Waals surface area (Å²) in [5, 5.41) is 4.95. The van der Waals surface area contributed by atoms with Crippen LogP contribution in [0.2, 0.25) is 0 Å². The van der Waals surface area contributed by atoms with Crippen LogP contribution >= 0.6 is 0 Å². The highest BCUT2D eigenvalue weighted by Gasteiger charge is 2.22. The predicted molar refractivity (Wildman–Crippen MR) is 86.4 cm³/mol. The molecule has 0 spiro atoms. The van der Waals surface area contributed by atoms with Crippen molar-refractivity contribution >= 4 is 10.9 Å². The largest absolute Gasteiger partial charge is 0.378 e. The molecule has 1 aliphatic heterocycles. The summed E-state index contributed by atoms with van der Waals surface area (Å²) in [5.41, 5.74) is 2.43. The van der Waals surface area contributed by atoms with Crippen molar-refractivity contribution in [2.45, 2.75) is 44.8 Å². The number of hydrogen-bond donors (Lipinski definition) is 1. The van der Waals surface area contributed by atoms with E-state index in [2.05, 4.69) is 41.5 Å². The van der Waals surface area contributed by atoms with E-state index in [9.17, 15) is 0 Å². The van der Waals surface area contributed by atoms with E-state index in [-0.39, 0.29) is 0 Å². The SMILES string of the molecule is CCCNC(CC1CCCO1)c1cccc2ncccc12. The number of nitrogens with zero attached hydrogens (tertiary/aromatic N) is 1. The van der Waals surface area contributed by atoms with Crippen molar-refractivity contribution < 1.29 is 4.74 Å². The highest BCUT2D eigenvalue weighted by atomic mass is 16.5. The smallest absolute Gasteiger partial charge is 0.0705 e. The monoisotopic (exact) mass is 284 g/mol. The molecule has 1 aliphatic rings. The number of pyridine rings is 1. The number of ether oxygens (including phenoxy) is 1. The molecule has 21 heavy (non-hydrogen) atoms. The van der Waals surface area contributed by atoms with Crippen LogP contribution in [-0.4, -0.2) is 24.2 Å². The summed E-state index contributed by atoms with van der Waals surface area (Å²) < 4.78 is 5.84. The van der Waals surface area contributed by atoms with Gasteiger partial charge in [0.15, 0.2) is 0 Å². The molecular formula is C18H24N2O. The minimum absolute atomic E-state index is 0.348. The number of aromatic nitrogens is 1. The molecule has 0 saturated carbocycles. The Balaban J connectivity index is 1.89. The Morgan fingerprint density at radius 1 is 1.33 bits per heavy atom. The first-order valence-electron chi connectivity index (χ1n) is 8.07. The topological polar surface area (TPSA) is 34.1 Å². The standard InChI is InChI=1S/C18H24N2O/c1-2-10-19-18(13-14-6-5-12-21-14)16-7-3-9-17-15(16)8-4-11-20-17/h3-4,7-9,11,14,18-19H,2,5-6,10,12-13H2,1H3. The molecule has 1 fully saturated rings. The van der Waals surface area contributed by atoms with Gasteiger partial charge in [0.05, 0.1) is 11.6 Å². The Morgan fingerprint density at radius 3 is 3.10 bits per heavy atom. The zero-order valence-corrected chi connectivity index (χ0v) is 12.7. The van der Waals surface area contributed by atoms with E-state index in [1.54, 1.807) is 0 Å². The molecule has 2 atom stereocenters. The van der Waals surface area contributed by atoms with E-state index in [1.165, 1.54) is 23.8 Å². The number of hydrogen-bond acceptors (Lipinski definition) is 3. The Hall–Kier alpha value is -1.45. The van der Waals surface area contributed by atoms with Gasteiger partial charge in [0.1, 0.15) is 0 Å². The van der Waals surface area contributed by atoms with Gasteiger partial charge in [-0.25, -0.2) is 0 Å². The summed E-state index contributed by atoms with van der Waals surface area (Å²) in [6.45, 7) is 4.16. The first-order valence-corrected chi connectivity index (χ1v) is 8.07. The first-order chi connectivity index (χ1) is 10.4. The number of benzene rings is 1. The zero-order chi connectivity index (χ0) is 14.5. The number of fused-ring (bicyclic) bond motifs is 1. The van der Waals surface area contributed by atoms with Crippen LogP contribution in [0.15, 0.2) is 36.5 Å². The molecule has 1 aromatic heterocycles. The summed E-state index contributed by atoms with van der Waals surface area (Å²) in [7, 11) is 0. The quantitative estimate of drug-likeness (QED) is 0.875. The lowest BCUT2D eigenvalue weighted by Gasteiger charge is -2.23. The van der Waals surface area contributed by atoms with E-state index in [0.717, 1.165) is 31.5 Å². The molecule has 1 aromatic carbocycles. The number of nitrogens with one attached hydrogen (secondary N) is 1. The molecule has 3 nitrogen and oxygen atoms in total. The highest BCUT2D eigenvalue weighted by molar-refractivity contribution is 5.82. The van der Waals surface area contributed by atoms with Gasteiger partial charge in [-0.15, -0.1) is 0 Å². The molecule has 2 heterocycles. The Kier molecular flexibility index (Phi) is 4.84. The summed E-state index contributed by atoms with van der Waals surface area (Å²) in [5.74, 6) is 0. The Labute approximate surface area is 126 Å².